The molecule has 1 fully saturated rings. The summed E-state index contributed by atoms with van der Waals surface area (Å²) in [5.74, 6) is 1.36. The van der Waals surface area contributed by atoms with Crippen molar-refractivity contribution in [1.29, 1.82) is 0 Å². The fourth-order valence-corrected chi connectivity index (χ4v) is 4.93. The zero-order valence-electron chi connectivity index (χ0n) is 13.4. The SMILES string of the molecule is O=S1(=O)CCC(NC(=S)NN=Cc2ccc(-c3ccc(Cl)cc3Cl)o2)C1. The lowest BCUT2D eigenvalue weighted by molar-refractivity contribution is 0.574. The number of hydrogen-bond acceptors (Lipinski definition) is 5. The zero-order valence-corrected chi connectivity index (χ0v) is 16.6. The van der Waals surface area contributed by atoms with E-state index in [-0.39, 0.29) is 22.7 Å². The molecule has 26 heavy (non-hydrogen) atoms. The fourth-order valence-electron chi connectivity index (χ4n) is 2.54. The van der Waals surface area contributed by atoms with Crippen molar-refractivity contribution in [2.45, 2.75) is 12.5 Å². The minimum absolute atomic E-state index is 0.0852. The van der Waals surface area contributed by atoms with Crippen LogP contribution >= 0.6 is 35.4 Å². The van der Waals surface area contributed by atoms with Crippen molar-refractivity contribution in [3.05, 3.63) is 46.1 Å². The van der Waals surface area contributed by atoms with Gasteiger partial charge >= 0.3 is 0 Å². The van der Waals surface area contributed by atoms with Crippen LogP contribution in [0.1, 0.15) is 12.2 Å². The van der Waals surface area contributed by atoms with Gasteiger partial charge in [-0.2, -0.15) is 5.10 Å². The molecule has 1 saturated heterocycles. The highest BCUT2D eigenvalue weighted by Crippen LogP contribution is 2.31. The molecule has 2 N–H and O–H groups in total. The van der Waals surface area contributed by atoms with Crippen LogP contribution in [-0.4, -0.2) is 37.3 Å². The molecule has 3 rings (SSSR count). The van der Waals surface area contributed by atoms with Crippen LogP contribution in [0.2, 0.25) is 10.0 Å². The molecule has 0 amide bonds. The van der Waals surface area contributed by atoms with Gasteiger partial charge in [-0.1, -0.05) is 23.2 Å². The van der Waals surface area contributed by atoms with Gasteiger partial charge in [-0.15, -0.1) is 0 Å². The molecule has 1 aromatic heterocycles. The van der Waals surface area contributed by atoms with Crippen LogP contribution < -0.4 is 10.7 Å². The van der Waals surface area contributed by atoms with Gasteiger partial charge in [0.15, 0.2) is 14.9 Å². The fraction of sp³-hybridized carbons (Fsp3) is 0.250. The van der Waals surface area contributed by atoms with Gasteiger partial charge < -0.3 is 9.73 Å². The molecule has 0 aliphatic carbocycles. The summed E-state index contributed by atoms with van der Waals surface area (Å²) in [4.78, 5) is 0. The summed E-state index contributed by atoms with van der Waals surface area (Å²) in [7, 11) is -2.96. The van der Waals surface area contributed by atoms with E-state index in [9.17, 15) is 8.42 Å². The molecular weight excluding hydrogens is 417 g/mol. The topological polar surface area (TPSA) is 83.7 Å². The third kappa shape index (κ3) is 4.97. The van der Waals surface area contributed by atoms with E-state index in [4.69, 9.17) is 39.8 Å². The van der Waals surface area contributed by atoms with E-state index in [1.807, 2.05) is 0 Å². The van der Waals surface area contributed by atoms with Gasteiger partial charge in [0.25, 0.3) is 0 Å². The second-order valence-electron chi connectivity index (χ2n) is 5.77. The number of rotatable bonds is 4. The van der Waals surface area contributed by atoms with Crippen molar-refractivity contribution >= 4 is 56.6 Å². The number of hydrogen-bond donors (Lipinski definition) is 2. The van der Waals surface area contributed by atoms with Gasteiger partial charge in [0.05, 0.1) is 22.7 Å². The van der Waals surface area contributed by atoms with E-state index in [2.05, 4.69) is 15.8 Å². The molecular formula is C16H15Cl2N3O3S2. The number of sulfone groups is 1. The smallest absolute Gasteiger partial charge is 0.187 e. The minimum Gasteiger partial charge on any atom is -0.455 e. The molecule has 1 atom stereocenters. The number of nitrogens with one attached hydrogen (secondary N) is 2. The Hall–Kier alpha value is -1.61. The predicted molar refractivity (Wildman–Crippen MR) is 108 cm³/mol. The molecule has 0 radical (unpaired) electrons. The Balaban J connectivity index is 1.56. The van der Waals surface area contributed by atoms with Gasteiger partial charge in [-0.05, 0) is 49.0 Å². The first kappa shape index (κ1) is 19.2. The average molecular weight is 432 g/mol. The third-order valence-corrected chi connectivity index (χ3v) is 6.27. The van der Waals surface area contributed by atoms with E-state index in [1.165, 1.54) is 6.21 Å². The van der Waals surface area contributed by atoms with Crippen LogP contribution in [0.25, 0.3) is 11.3 Å². The van der Waals surface area contributed by atoms with Crippen LogP contribution in [0.3, 0.4) is 0 Å². The van der Waals surface area contributed by atoms with Crippen molar-refractivity contribution in [1.82, 2.24) is 10.7 Å². The highest BCUT2D eigenvalue weighted by atomic mass is 35.5. The van der Waals surface area contributed by atoms with Crippen molar-refractivity contribution in [2.24, 2.45) is 5.10 Å². The molecule has 138 valence electrons. The largest absolute Gasteiger partial charge is 0.455 e. The molecule has 0 saturated carbocycles. The van der Waals surface area contributed by atoms with Crippen LogP contribution in [0.5, 0.6) is 0 Å². The van der Waals surface area contributed by atoms with E-state index in [1.54, 1.807) is 30.3 Å². The summed E-state index contributed by atoms with van der Waals surface area (Å²) in [5, 5.41) is 8.22. The zero-order chi connectivity index (χ0) is 18.7. The second kappa shape index (κ2) is 7.96. The molecule has 1 aliphatic heterocycles. The third-order valence-electron chi connectivity index (χ3n) is 3.75. The lowest BCUT2D eigenvalue weighted by Crippen LogP contribution is -2.40. The highest BCUT2D eigenvalue weighted by Gasteiger charge is 2.28. The maximum atomic E-state index is 11.4. The molecule has 10 heteroatoms. The summed E-state index contributed by atoms with van der Waals surface area (Å²) >= 11 is 17.2. The number of thiocarbonyl (C=S) groups is 1. The number of halogens is 2. The van der Waals surface area contributed by atoms with Crippen molar-refractivity contribution < 1.29 is 12.8 Å². The second-order valence-corrected chi connectivity index (χ2v) is 9.25. The Morgan fingerprint density at radius 3 is 2.81 bits per heavy atom. The van der Waals surface area contributed by atoms with Crippen molar-refractivity contribution in [3.63, 3.8) is 0 Å². The molecule has 2 aromatic rings. The van der Waals surface area contributed by atoms with Crippen LogP contribution in [0.15, 0.2) is 39.9 Å². The quantitative estimate of drug-likeness (QED) is 0.439. The molecule has 0 spiro atoms. The van der Waals surface area contributed by atoms with Crippen LogP contribution in [0.4, 0.5) is 0 Å². The lowest BCUT2D eigenvalue weighted by Gasteiger charge is -2.11. The summed E-state index contributed by atoms with van der Waals surface area (Å²) < 4.78 is 28.5. The van der Waals surface area contributed by atoms with Gasteiger partial charge in [0.2, 0.25) is 0 Å². The summed E-state index contributed by atoms with van der Waals surface area (Å²) in [5.41, 5.74) is 3.37. The number of furan rings is 1. The van der Waals surface area contributed by atoms with E-state index >= 15 is 0 Å². The minimum atomic E-state index is -2.96. The van der Waals surface area contributed by atoms with E-state index < -0.39 is 9.84 Å². The van der Waals surface area contributed by atoms with Gasteiger partial charge in [0.1, 0.15) is 11.5 Å². The Bertz CT molecular complexity index is 957. The molecule has 1 aliphatic rings. The molecule has 2 heterocycles. The first-order valence-electron chi connectivity index (χ1n) is 7.68. The number of nitrogens with zero attached hydrogens (tertiary/aromatic N) is 1. The van der Waals surface area contributed by atoms with E-state index in [0.717, 1.165) is 5.56 Å². The number of benzene rings is 1. The average Bonchev–Trinajstić information content (AvgIpc) is 3.14. The standard InChI is InChI=1S/C16H15Cl2N3O3S2/c17-10-1-3-13(14(18)7-10)15-4-2-12(24-15)8-19-21-16(25)20-11-5-6-26(22,23)9-11/h1-4,7-8,11H,5-6,9H2,(H2,20,21,25). The lowest BCUT2D eigenvalue weighted by atomic mass is 10.2. The summed E-state index contributed by atoms with van der Waals surface area (Å²) in [6, 6.07) is 8.48. The van der Waals surface area contributed by atoms with Gasteiger partial charge in [-0.3, -0.25) is 5.43 Å². The highest BCUT2D eigenvalue weighted by molar-refractivity contribution is 7.91. The Morgan fingerprint density at radius 1 is 1.31 bits per heavy atom. The first-order chi connectivity index (χ1) is 12.3. The van der Waals surface area contributed by atoms with Crippen LogP contribution in [0, 0.1) is 0 Å². The molecule has 1 unspecified atom stereocenters. The maximum absolute atomic E-state index is 11.4. The summed E-state index contributed by atoms with van der Waals surface area (Å²) in [6.45, 7) is 0. The Labute approximate surface area is 166 Å². The van der Waals surface area contributed by atoms with Gasteiger partial charge in [0, 0.05) is 16.6 Å². The molecule has 6 nitrogen and oxygen atoms in total. The van der Waals surface area contributed by atoms with Crippen LogP contribution in [-0.2, 0) is 9.84 Å². The predicted octanol–water partition coefficient (Wildman–Crippen LogP) is 3.24. The van der Waals surface area contributed by atoms with E-state index in [0.29, 0.717) is 28.0 Å². The molecule has 1 aromatic carbocycles. The first-order valence-corrected chi connectivity index (χ1v) is 10.7. The van der Waals surface area contributed by atoms with Crippen molar-refractivity contribution in [3.8, 4) is 11.3 Å². The maximum Gasteiger partial charge on any atom is 0.187 e. The van der Waals surface area contributed by atoms with Crippen molar-refractivity contribution in [2.75, 3.05) is 11.5 Å². The van der Waals surface area contributed by atoms with Gasteiger partial charge in [-0.25, -0.2) is 8.42 Å². The Morgan fingerprint density at radius 2 is 2.12 bits per heavy atom. The number of hydrazone groups is 1. The summed E-state index contributed by atoms with van der Waals surface area (Å²) in [6.07, 6.45) is 2.00. The molecule has 0 bridgehead atoms. The Kier molecular flexibility index (Phi) is 5.86. The normalized spacial score (nSPS) is 18.9. The monoisotopic (exact) mass is 431 g/mol.